The van der Waals surface area contributed by atoms with E-state index in [1.54, 1.807) is 6.92 Å². The summed E-state index contributed by atoms with van der Waals surface area (Å²) in [5.41, 5.74) is -0.520. The number of nitro groups is 1. The lowest BCUT2D eigenvalue weighted by molar-refractivity contribution is -0.385. The van der Waals surface area contributed by atoms with Crippen molar-refractivity contribution >= 4 is 17.3 Å². The minimum Gasteiger partial charge on any atom is -0.490 e. The summed E-state index contributed by atoms with van der Waals surface area (Å²) < 4.78 is 18.5. The molecule has 0 spiro atoms. The first-order valence-electron chi connectivity index (χ1n) is 5.89. The van der Waals surface area contributed by atoms with E-state index in [1.165, 1.54) is 7.11 Å². The number of methoxy groups -OCH3 is 1. The van der Waals surface area contributed by atoms with Crippen molar-refractivity contribution in [3.63, 3.8) is 0 Å². The molecule has 0 bridgehead atoms. The van der Waals surface area contributed by atoms with E-state index in [9.17, 15) is 19.3 Å². The number of carboxylic acids is 1. The van der Waals surface area contributed by atoms with Crippen molar-refractivity contribution in [2.45, 2.75) is 13.3 Å². The maximum Gasteiger partial charge on any atom is 0.313 e. The molecule has 8 heteroatoms. The molecule has 7 nitrogen and oxygen atoms in total. The summed E-state index contributed by atoms with van der Waals surface area (Å²) in [5, 5.41) is 22.2. The van der Waals surface area contributed by atoms with Gasteiger partial charge >= 0.3 is 11.7 Å². The molecule has 1 rings (SSSR count). The van der Waals surface area contributed by atoms with Gasteiger partial charge in [-0.3, -0.25) is 14.9 Å². The summed E-state index contributed by atoms with van der Waals surface area (Å²) >= 11 is 0. The summed E-state index contributed by atoms with van der Waals surface area (Å²) in [7, 11) is 1.23. The van der Waals surface area contributed by atoms with Crippen molar-refractivity contribution in [1.82, 2.24) is 0 Å². The Morgan fingerprint density at radius 3 is 2.70 bits per heavy atom. The third-order valence-corrected chi connectivity index (χ3v) is 2.85. The predicted octanol–water partition coefficient (Wildman–Crippen LogP) is 2.27. The lowest BCUT2D eigenvalue weighted by atomic mass is 10.1. The number of hydrogen-bond donors (Lipinski definition) is 2. The maximum atomic E-state index is 13.7. The van der Waals surface area contributed by atoms with Gasteiger partial charge in [0.1, 0.15) is 0 Å². The van der Waals surface area contributed by atoms with Gasteiger partial charge in [0, 0.05) is 12.6 Å². The van der Waals surface area contributed by atoms with Crippen molar-refractivity contribution in [2.24, 2.45) is 5.92 Å². The lowest BCUT2D eigenvalue weighted by Gasteiger charge is -2.13. The molecule has 0 fully saturated rings. The van der Waals surface area contributed by atoms with Crippen LogP contribution in [0.5, 0.6) is 5.75 Å². The fraction of sp³-hybridized carbons (Fsp3) is 0.417. The first-order valence-corrected chi connectivity index (χ1v) is 5.89. The van der Waals surface area contributed by atoms with Crippen molar-refractivity contribution in [1.29, 1.82) is 0 Å². The summed E-state index contributed by atoms with van der Waals surface area (Å²) in [4.78, 5) is 20.8. The Balaban J connectivity index is 2.96. The highest BCUT2D eigenvalue weighted by atomic mass is 19.1. The highest BCUT2D eigenvalue weighted by molar-refractivity contribution is 5.71. The number of nitro benzene ring substituents is 1. The molecule has 0 radical (unpaired) electrons. The molecular formula is C12H15FN2O5. The average molecular weight is 286 g/mol. The van der Waals surface area contributed by atoms with E-state index < -0.39 is 28.3 Å². The Bertz CT molecular complexity index is 521. The van der Waals surface area contributed by atoms with Gasteiger partial charge in [-0.2, -0.15) is 0 Å². The van der Waals surface area contributed by atoms with Gasteiger partial charge in [-0.05, 0) is 6.42 Å². The standard InChI is InChI=1S/C12H15FN2O5/c1-3-7(12(16)17)6-14-9-5-11(20-2)10(15(18)19)4-8(9)13/h4-5,7,14H,3,6H2,1-2H3,(H,16,17). The number of nitrogens with zero attached hydrogens (tertiary/aromatic N) is 1. The van der Waals surface area contributed by atoms with E-state index in [2.05, 4.69) is 5.32 Å². The zero-order valence-corrected chi connectivity index (χ0v) is 11.1. The summed E-state index contributed by atoms with van der Waals surface area (Å²) in [6.07, 6.45) is 0.383. The second kappa shape index (κ2) is 6.69. The van der Waals surface area contributed by atoms with E-state index in [-0.39, 0.29) is 18.0 Å². The second-order valence-electron chi connectivity index (χ2n) is 4.09. The molecule has 0 aliphatic rings. The molecule has 0 heterocycles. The van der Waals surface area contributed by atoms with Crippen LogP contribution in [-0.2, 0) is 4.79 Å². The molecule has 110 valence electrons. The van der Waals surface area contributed by atoms with Crippen LogP contribution in [0.4, 0.5) is 15.8 Å². The van der Waals surface area contributed by atoms with Gasteiger partial charge in [0.15, 0.2) is 11.6 Å². The molecule has 0 saturated heterocycles. The van der Waals surface area contributed by atoms with Gasteiger partial charge in [0.25, 0.3) is 0 Å². The largest absolute Gasteiger partial charge is 0.490 e. The van der Waals surface area contributed by atoms with E-state index >= 15 is 0 Å². The number of nitrogens with one attached hydrogen (secondary N) is 1. The van der Waals surface area contributed by atoms with Crippen LogP contribution in [0, 0.1) is 21.8 Å². The molecule has 20 heavy (non-hydrogen) atoms. The van der Waals surface area contributed by atoms with Crippen LogP contribution >= 0.6 is 0 Å². The molecule has 1 atom stereocenters. The topological polar surface area (TPSA) is 102 Å². The minimum absolute atomic E-state index is 0.0176. The van der Waals surface area contributed by atoms with E-state index in [0.29, 0.717) is 6.42 Å². The average Bonchev–Trinajstić information content (AvgIpc) is 2.39. The summed E-state index contributed by atoms with van der Waals surface area (Å²) in [6, 6.07) is 1.88. The Hall–Kier alpha value is -2.38. The Morgan fingerprint density at radius 2 is 2.25 bits per heavy atom. The number of aliphatic carboxylic acids is 1. The Kier molecular flexibility index (Phi) is 5.24. The van der Waals surface area contributed by atoms with Gasteiger partial charge < -0.3 is 15.2 Å². The maximum absolute atomic E-state index is 13.7. The van der Waals surface area contributed by atoms with Crippen LogP contribution in [0.15, 0.2) is 12.1 Å². The van der Waals surface area contributed by atoms with Gasteiger partial charge in [0.2, 0.25) is 0 Å². The van der Waals surface area contributed by atoms with Crippen LogP contribution in [0.1, 0.15) is 13.3 Å². The van der Waals surface area contributed by atoms with Gasteiger partial charge in [-0.15, -0.1) is 0 Å². The number of ether oxygens (including phenoxy) is 1. The molecule has 1 aromatic rings. The molecule has 2 N–H and O–H groups in total. The fourth-order valence-corrected chi connectivity index (χ4v) is 1.62. The van der Waals surface area contributed by atoms with Crippen LogP contribution in [0.2, 0.25) is 0 Å². The van der Waals surface area contributed by atoms with Crippen LogP contribution in [-0.4, -0.2) is 29.7 Å². The van der Waals surface area contributed by atoms with Gasteiger partial charge in [0.05, 0.1) is 29.7 Å². The predicted molar refractivity (Wildman–Crippen MR) is 69.5 cm³/mol. The number of hydrogen-bond acceptors (Lipinski definition) is 5. The van der Waals surface area contributed by atoms with Crippen molar-refractivity contribution < 1.29 is 24.0 Å². The molecule has 0 aromatic heterocycles. The van der Waals surface area contributed by atoms with Gasteiger partial charge in [-0.1, -0.05) is 6.92 Å². The molecular weight excluding hydrogens is 271 g/mol. The molecule has 0 saturated carbocycles. The number of benzene rings is 1. The highest BCUT2D eigenvalue weighted by Crippen LogP contribution is 2.32. The molecule has 1 unspecified atom stereocenters. The minimum atomic E-state index is -0.991. The molecule has 0 aliphatic heterocycles. The number of rotatable bonds is 7. The number of carboxylic acid groups (broad SMARTS) is 1. The monoisotopic (exact) mass is 286 g/mol. The lowest BCUT2D eigenvalue weighted by Crippen LogP contribution is -2.22. The molecule has 1 aromatic carbocycles. The molecule has 0 aliphatic carbocycles. The van der Waals surface area contributed by atoms with Crippen LogP contribution in [0.25, 0.3) is 0 Å². The number of anilines is 1. The van der Waals surface area contributed by atoms with E-state index in [1.807, 2.05) is 0 Å². The van der Waals surface area contributed by atoms with Crippen LogP contribution in [0.3, 0.4) is 0 Å². The zero-order chi connectivity index (χ0) is 15.3. The third kappa shape index (κ3) is 3.56. The zero-order valence-electron chi connectivity index (χ0n) is 11.1. The second-order valence-corrected chi connectivity index (χ2v) is 4.09. The SMILES string of the molecule is CCC(CNc1cc(OC)c([N+](=O)[O-])cc1F)C(=O)O. The summed E-state index contributed by atoms with van der Waals surface area (Å²) in [5.74, 6) is -2.59. The normalized spacial score (nSPS) is 11.8. The quantitative estimate of drug-likeness (QED) is 0.589. The smallest absolute Gasteiger partial charge is 0.313 e. The number of carbonyl (C=O) groups is 1. The first kappa shape index (κ1) is 15.7. The van der Waals surface area contributed by atoms with Crippen LogP contribution < -0.4 is 10.1 Å². The Morgan fingerprint density at radius 1 is 1.60 bits per heavy atom. The van der Waals surface area contributed by atoms with E-state index in [4.69, 9.17) is 9.84 Å². The highest BCUT2D eigenvalue weighted by Gasteiger charge is 2.20. The number of halogens is 1. The van der Waals surface area contributed by atoms with Crippen molar-refractivity contribution in [3.05, 3.63) is 28.1 Å². The van der Waals surface area contributed by atoms with Crippen molar-refractivity contribution in [2.75, 3.05) is 19.0 Å². The molecule has 0 amide bonds. The first-order chi connectivity index (χ1) is 9.40. The third-order valence-electron chi connectivity index (χ3n) is 2.85. The van der Waals surface area contributed by atoms with Gasteiger partial charge in [-0.25, -0.2) is 4.39 Å². The Labute approximate surface area is 114 Å². The summed E-state index contributed by atoms with van der Waals surface area (Å²) in [6.45, 7) is 1.72. The fourth-order valence-electron chi connectivity index (χ4n) is 1.62. The van der Waals surface area contributed by atoms with E-state index in [0.717, 1.165) is 12.1 Å². The van der Waals surface area contributed by atoms with Crippen molar-refractivity contribution in [3.8, 4) is 5.75 Å².